The SMILES string of the molecule is Cc1cc(-c2ccccc2)nc(N/N=C/c2ccc(N(C)C)c([N+](=O)[O-])c2)n1. The predicted octanol–water partition coefficient (Wildman–Crippen LogP) is 3.87. The van der Waals surface area contributed by atoms with E-state index in [0.717, 1.165) is 17.0 Å². The fourth-order valence-electron chi connectivity index (χ4n) is 2.69. The summed E-state index contributed by atoms with van der Waals surface area (Å²) in [5.41, 5.74) is 6.52. The Kier molecular flexibility index (Phi) is 5.59. The number of nitrogens with one attached hydrogen (secondary N) is 1. The summed E-state index contributed by atoms with van der Waals surface area (Å²) in [5, 5.41) is 15.4. The van der Waals surface area contributed by atoms with Gasteiger partial charge in [0.15, 0.2) is 0 Å². The third kappa shape index (κ3) is 4.47. The summed E-state index contributed by atoms with van der Waals surface area (Å²) in [5.74, 6) is 0.356. The molecule has 3 aromatic rings. The molecule has 0 unspecified atom stereocenters. The Morgan fingerprint density at radius 1 is 1.11 bits per heavy atom. The number of aryl methyl sites for hydroxylation is 1. The van der Waals surface area contributed by atoms with Crippen molar-refractivity contribution in [3.05, 3.63) is 76.0 Å². The van der Waals surface area contributed by atoms with E-state index in [1.54, 1.807) is 31.1 Å². The van der Waals surface area contributed by atoms with Gasteiger partial charge in [-0.1, -0.05) is 36.4 Å². The summed E-state index contributed by atoms with van der Waals surface area (Å²) in [6.45, 7) is 1.88. The van der Waals surface area contributed by atoms with Gasteiger partial charge in [0.2, 0.25) is 5.95 Å². The fourth-order valence-corrected chi connectivity index (χ4v) is 2.69. The molecular formula is C20H20N6O2. The number of benzene rings is 2. The molecule has 142 valence electrons. The zero-order chi connectivity index (χ0) is 20.1. The van der Waals surface area contributed by atoms with Crippen molar-refractivity contribution in [3.63, 3.8) is 0 Å². The number of anilines is 2. The first-order chi connectivity index (χ1) is 13.4. The first-order valence-corrected chi connectivity index (χ1v) is 8.60. The van der Waals surface area contributed by atoms with Crippen molar-refractivity contribution in [1.29, 1.82) is 0 Å². The molecule has 28 heavy (non-hydrogen) atoms. The summed E-state index contributed by atoms with van der Waals surface area (Å²) in [7, 11) is 3.52. The smallest absolute Gasteiger partial charge is 0.293 e. The third-order valence-electron chi connectivity index (χ3n) is 3.98. The fraction of sp³-hybridized carbons (Fsp3) is 0.150. The summed E-state index contributed by atoms with van der Waals surface area (Å²) < 4.78 is 0. The van der Waals surface area contributed by atoms with E-state index < -0.39 is 4.92 Å². The second-order valence-electron chi connectivity index (χ2n) is 6.35. The molecule has 2 aromatic carbocycles. The van der Waals surface area contributed by atoms with E-state index in [0.29, 0.717) is 17.2 Å². The summed E-state index contributed by atoms with van der Waals surface area (Å²) in [6.07, 6.45) is 1.50. The van der Waals surface area contributed by atoms with Crippen molar-refractivity contribution in [2.75, 3.05) is 24.4 Å². The highest BCUT2D eigenvalue weighted by Gasteiger charge is 2.15. The van der Waals surface area contributed by atoms with Crippen LogP contribution in [0, 0.1) is 17.0 Å². The van der Waals surface area contributed by atoms with E-state index in [1.165, 1.54) is 12.3 Å². The molecule has 8 heteroatoms. The number of rotatable bonds is 6. The minimum atomic E-state index is -0.407. The van der Waals surface area contributed by atoms with E-state index in [-0.39, 0.29) is 5.69 Å². The summed E-state index contributed by atoms with van der Waals surface area (Å²) >= 11 is 0. The van der Waals surface area contributed by atoms with E-state index in [2.05, 4.69) is 20.5 Å². The van der Waals surface area contributed by atoms with Crippen LogP contribution < -0.4 is 10.3 Å². The van der Waals surface area contributed by atoms with E-state index in [4.69, 9.17) is 0 Å². The molecule has 0 aliphatic rings. The molecule has 0 aliphatic heterocycles. The normalized spacial score (nSPS) is 10.8. The molecule has 8 nitrogen and oxygen atoms in total. The topological polar surface area (TPSA) is 96.5 Å². The van der Waals surface area contributed by atoms with Gasteiger partial charge in [-0.3, -0.25) is 10.1 Å². The number of aromatic nitrogens is 2. The van der Waals surface area contributed by atoms with Crippen LogP contribution in [0.2, 0.25) is 0 Å². The van der Waals surface area contributed by atoms with Crippen LogP contribution in [0.3, 0.4) is 0 Å². The van der Waals surface area contributed by atoms with Crippen molar-refractivity contribution in [3.8, 4) is 11.3 Å². The number of hydrazone groups is 1. The highest BCUT2D eigenvalue weighted by Crippen LogP contribution is 2.27. The number of nitro groups is 1. The lowest BCUT2D eigenvalue weighted by molar-refractivity contribution is -0.384. The minimum Gasteiger partial charge on any atom is -0.372 e. The highest BCUT2D eigenvalue weighted by atomic mass is 16.6. The molecule has 0 amide bonds. The maximum absolute atomic E-state index is 11.3. The molecule has 0 saturated heterocycles. The van der Waals surface area contributed by atoms with E-state index >= 15 is 0 Å². The van der Waals surface area contributed by atoms with Crippen LogP contribution in [0.15, 0.2) is 59.7 Å². The molecule has 0 aliphatic carbocycles. The molecule has 0 fully saturated rings. The molecule has 3 rings (SSSR count). The van der Waals surface area contributed by atoms with E-state index in [9.17, 15) is 10.1 Å². The van der Waals surface area contributed by atoms with Gasteiger partial charge in [0.05, 0.1) is 16.8 Å². The number of hydrogen-bond acceptors (Lipinski definition) is 7. The Morgan fingerprint density at radius 3 is 2.54 bits per heavy atom. The quantitative estimate of drug-likeness (QED) is 0.398. The Balaban J connectivity index is 1.81. The Labute approximate surface area is 162 Å². The number of hydrogen-bond donors (Lipinski definition) is 1. The zero-order valence-corrected chi connectivity index (χ0v) is 15.8. The average Bonchev–Trinajstić information content (AvgIpc) is 2.68. The lowest BCUT2D eigenvalue weighted by Crippen LogP contribution is -2.11. The van der Waals surface area contributed by atoms with Gasteiger partial charge in [-0.25, -0.2) is 15.4 Å². The van der Waals surface area contributed by atoms with Gasteiger partial charge in [0.1, 0.15) is 5.69 Å². The van der Waals surface area contributed by atoms with Gasteiger partial charge in [0, 0.05) is 37.0 Å². The molecule has 0 bridgehead atoms. The third-order valence-corrected chi connectivity index (χ3v) is 3.98. The number of nitro benzene ring substituents is 1. The van der Waals surface area contributed by atoms with Gasteiger partial charge < -0.3 is 4.90 Å². The molecule has 1 aromatic heterocycles. The van der Waals surface area contributed by atoms with Crippen LogP contribution in [0.5, 0.6) is 0 Å². The average molecular weight is 376 g/mol. The second-order valence-corrected chi connectivity index (χ2v) is 6.35. The molecule has 0 atom stereocenters. The molecule has 1 heterocycles. The Morgan fingerprint density at radius 2 is 1.86 bits per heavy atom. The standard InChI is InChI=1S/C20H20N6O2/c1-14-11-17(16-7-5-4-6-8-16)23-20(22-14)24-21-13-15-9-10-18(25(2)3)19(12-15)26(27)28/h4-13H,1-3H3,(H,22,23,24)/b21-13+. The monoisotopic (exact) mass is 376 g/mol. The van der Waals surface area contributed by atoms with Crippen LogP contribution in [-0.4, -0.2) is 35.2 Å². The van der Waals surface area contributed by atoms with Crippen molar-refractivity contribution < 1.29 is 4.92 Å². The summed E-state index contributed by atoms with van der Waals surface area (Å²) in [6, 6.07) is 16.6. The predicted molar refractivity (Wildman–Crippen MR) is 111 cm³/mol. The van der Waals surface area contributed by atoms with Crippen LogP contribution in [0.4, 0.5) is 17.3 Å². The maximum Gasteiger partial charge on any atom is 0.293 e. The largest absolute Gasteiger partial charge is 0.372 e. The highest BCUT2D eigenvalue weighted by molar-refractivity contribution is 5.83. The van der Waals surface area contributed by atoms with Crippen LogP contribution in [0.25, 0.3) is 11.3 Å². The van der Waals surface area contributed by atoms with Crippen molar-refractivity contribution in [1.82, 2.24) is 9.97 Å². The van der Waals surface area contributed by atoms with E-state index in [1.807, 2.05) is 43.3 Å². The van der Waals surface area contributed by atoms with Crippen molar-refractivity contribution in [2.45, 2.75) is 6.92 Å². The van der Waals surface area contributed by atoms with Crippen LogP contribution >= 0.6 is 0 Å². The molecule has 0 saturated carbocycles. The minimum absolute atomic E-state index is 0.0205. The number of nitrogens with zero attached hydrogens (tertiary/aromatic N) is 5. The lowest BCUT2D eigenvalue weighted by Gasteiger charge is -2.12. The summed E-state index contributed by atoms with van der Waals surface area (Å²) in [4.78, 5) is 21.4. The lowest BCUT2D eigenvalue weighted by atomic mass is 10.1. The first kappa shape index (κ1) is 19.0. The van der Waals surface area contributed by atoms with Gasteiger partial charge in [-0.15, -0.1) is 0 Å². The first-order valence-electron chi connectivity index (χ1n) is 8.60. The molecule has 1 N–H and O–H groups in total. The molecule has 0 radical (unpaired) electrons. The van der Waals surface area contributed by atoms with Gasteiger partial charge in [-0.05, 0) is 19.1 Å². The Hall–Kier alpha value is -3.81. The van der Waals surface area contributed by atoms with Gasteiger partial charge >= 0.3 is 0 Å². The van der Waals surface area contributed by atoms with Crippen LogP contribution in [-0.2, 0) is 0 Å². The molecule has 0 spiro atoms. The van der Waals surface area contributed by atoms with Gasteiger partial charge in [-0.2, -0.15) is 5.10 Å². The van der Waals surface area contributed by atoms with Crippen molar-refractivity contribution >= 4 is 23.5 Å². The van der Waals surface area contributed by atoms with Gasteiger partial charge in [0.25, 0.3) is 5.69 Å². The van der Waals surface area contributed by atoms with Crippen molar-refractivity contribution in [2.24, 2.45) is 5.10 Å². The zero-order valence-electron chi connectivity index (χ0n) is 15.8. The second kappa shape index (κ2) is 8.26. The maximum atomic E-state index is 11.3. The van der Waals surface area contributed by atoms with Crippen LogP contribution in [0.1, 0.15) is 11.3 Å². The molecular weight excluding hydrogens is 356 g/mol. The Bertz CT molecular complexity index is 1020.